The van der Waals surface area contributed by atoms with E-state index < -0.39 is 10.0 Å². The van der Waals surface area contributed by atoms with E-state index >= 15 is 0 Å². The van der Waals surface area contributed by atoms with Gasteiger partial charge >= 0.3 is 0 Å². The lowest BCUT2D eigenvalue weighted by Gasteiger charge is -2.30. The van der Waals surface area contributed by atoms with Crippen LogP contribution < -0.4 is 14.8 Å². The second-order valence-corrected chi connectivity index (χ2v) is 10.9. The van der Waals surface area contributed by atoms with Gasteiger partial charge in [0.25, 0.3) is 0 Å². The number of carbonyl (C=O) groups excluding carboxylic acids is 1. The number of carbonyl (C=O) groups is 1. The van der Waals surface area contributed by atoms with Crippen molar-refractivity contribution in [3.8, 4) is 11.5 Å². The Kier molecular flexibility index (Phi) is 7.75. The van der Waals surface area contributed by atoms with Crippen LogP contribution in [0.3, 0.4) is 0 Å². The Morgan fingerprint density at radius 1 is 1.03 bits per heavy atom. The molecule has 0 unspecified atom stereocenters. The summed E-state index contributed by atoms with van der Waals surface area (Å²) in [7, 11) is -1.89. The molecule has 0 saturated heterocycles. The Morgan fingerprint density at radius 2 is 1.74 bits per heavy atom. The first-order valence-corrected chi connectivity index (χ1v) is 13.3. The number of nitrogens with one attached hydrogen (secondary N) is 1. The molecular weight excluding hydrogens is 454 g/mol. The molecule has 4 rings (SSSR count). The van der Waals surface area contributed by atoms with Gasteiger partial charge in [0.1, 0.15) is 0 Å². The number of hydrogen-bond acceptors (Lipinski definition) is 6. The molecule has 0 aromatic heterocycles. The summed E-state index contributed by atoms with van der Waals surface area (Å²) in [6.45, 7) is 3.76. The summed E-state index contributed by atoms with van der Waals surface area (Å²) < 4.78 is 38.3. The van der Waals surface area contributed by atoms with E-state index in [1.807, 2.05) is 30.0 Å². The van der Waals surface area contributed by atoms with E-state index in [1.165, 1.54) is 10.7 Å². The number of anilines is 1. The molecule has 184 valence electrons. The van der Waals surface area contributed by atoms with Crippen LogP contribution in [-0.2, 0) is 21.4 Å². The van der Waals surface area contributed by atoms with Crippen molar-refractivity contribution >= 4 is 21.6 Å². The van der Waals surface area contributed by atoms with Crippen molar-refractivity contribution in [3.05, 3.63) is 48.0 Å². The maximum atomic E-state index is 13.0. The topological polar surface area (TPSA) is 88.2 Å². The number of likely N-dealkylation sites (N-methyl/N-ethyl adjacent to an activating group) is 1. The first kappa shape index (κ1) is 24.5. The molecule has 1 aliphatic heterocycles. The molecule has 2 aliphatic rings. The van der Waals surface area contributed by atoms with Gasteiger partial charge in [0, 0.05) is 25.3 Å². The molecule has 1 fully saturated rings. The highest BCUT2D eigenvalue weighted by atomic mass is 32.2. The monoisotopic (exact) mass is 487 g/mol. The minimum atomic E-state index is -3.55. The number of nitrogens with zero attached hydrogens (tertiary/aromatic N) is 2. The SMILES string of the molecule is CCN(CC(=O)Nc1ccc(S(=O)(=O)N(C)C2CCCCC2)cc1)Cc1ccc2c(c1)OCO2. The molecule has 1 saturated carbocycles. The average Bonchev–Trinajstić information content (AvgIpc) is 3.32. The van der Waals surface area contributed by atoms with Crippen LogP contribution in [0.4, 0.5) is 5.69 Å². The number of fused-ring (bicyclic) bond motifs is 1. The zero-order valence-electron chi connectivity index (χ0n) is 19.8. The molecule has 34 heavy (non-hydrogen) atoms. The van der Waals surface area contributed by atoms with Crippen molar-refractivity contribution < 1.29 is 22.7 Å². The Labute approximate surface area is 201 Å². The van der Waals surface area contributed by atoms with Gasteiger partial charge in [-0.25, -0.2) is 8.42 Å². The van der Waals surface area contributed by atoms with Gasteiger partial charge in [-0.15, -0.1) is 0 Å². The number of sulfonamides is 1. The van der Waals surface area contributed by atoms with E-state index in [2.05, 4.69) is 5.32 Å². The molecule has 0 atom stereocenters. The quantitative estimate of drug-likeness (QED) is 0.578. The van der Waals surface area contributed by atoms with Crippen molar-refractivity contribution in [2.75, 3.05) is 32.2 Å². The number of amides is 1. The fraction of sp³-hybridized carbons (Fsp3) is 0.480. The van der Waals surface area contributed by atoms with Crippen molar-refractivity contribution in [2.24, 2.45) is 0 Å². The summed E-state index contributed by atoms with van der Waals surface area (Å²) in [5.74, 6) is 1.31. The third-order valence-electron chi connectivity index (χ3n) is 6.56. The van der Waals surface area contributed by atoms with Crippen LogP contribution in [0.1, 0.15) is 44.6 Å². The minimum absolute atomic E-state index is 0.0583. The van der Waals surface area contributed by atoms with Crippen LogP contribution in [0, 0.1) is 0 Å². The first-order chi connectivity index (χ1) is 16.4. The Hall–Kier alpha value is -2.62. The molecule has 0 bridgehead atoms. The summed E-state index contributed by atoms with van der Waals surface area (Å²) in [4.78, 5) is 14.9. The van der Waals surface area contributed by atoms with Crippen LogP contribution in [0.15, 0.2) is 47.4 Å². The van der Waals surface area contributed by atoms with E-state index in [0.717, 1.165) is 42.7 Å². The highest BCUT2D eigenvalue weighted by Crippen LogP contribution is 2.33. The summed E-state index contributed by atoms with van der Waals surface area (Å²) in [6, 6.07) is 12.3. The molecule has 9 heteroatoms. The van der Waals surface area contributed by atoms with E-state index in [1.54, 1.807) is 31.3 Å². The number of hydrogen-bond donors (Lipinski definition) is 1. The Bertz CT molecular complexity index is 1100. The molecule has 1 aliphatic carbocycles. The van der Waals surface area contributed by atoms with Gasteiger partial charge < -0.3 is 14.8 Å². The van der Waals surface area contributed by atoms with E-state index in [-0.39, 0.29) is 30.2 Å². The Balaban J connectivity index is 1.33. The molecule has 8 nitrogen and oxygen atoms in total. The lowest BCUT2D eigenvalue weighted by molar-refractivity contribution is -0.117. The van der Waals surface area contributed by atoms with Gasteiger partial charge in [0.2, 0.25) is 22.7 Å². The van der Waals surface area contributed by atoms with Crippen LogP contribution in [0.2, 0.25) is 0 Å². The fourth-order valence-corrected chi connectivity index (χ4v) is 5.91. The van der Waals surface area contributed by atoms with Crippen molar-refractivity contribution in [2.45, 2.75) is 56.5 Å². The van der Waals surface area contributed by atoms with Gasteiger partial charge in [-0.1, -0.05) is 32.3 Å². The van der Waals surface area contributed by atoms with Crippen molar-refractivity contribution in [1.29, 1.82) is 0 Å². The second kappa shape index (κ2) is 10.8. The molecule has 0 spiro atoms. The number of rotatable bonds is 9. The molecule has 2 aromatic carbocycles. The molecule has 1 N–H and O–H groups in total. The molecule has 1 heterocycles. The summed E-state index contributed by atoms with van der Waals surface area (Å²) in [6.07, 6.45) is 5.12. The highest BCUT2D eigenvalue weighted by molar-refractivity contribution is 7.89. The summed E-state index contributed by atoms with van der Waals surface area (Å²) in [5, 5.41) is 2.87. The molecule has 0 radical (unpaired) electrons. The van der Waals surface area contributed by atoms with Gasteiger partial charge in [-0.3, -0.25) is 9.69 Å². The molecule has 2 aromatic rings. The van der Waals surface area contributed by atoms with Gasteiger partial charge in [0.05, 0.1) is 11.4 Å². The zero-order valence-corrected chi connectivity index (χ0v) is 20.6. The standard InChI is InChI=1S/C25H33N3O5S/c1-3-28(16-19-9-14-23-24(15-19)33-18-32-23)17-25(29)26-20-10-12-22(13-11-20)34(30,31)27(2)21-7-5-4-6-8-21/h9-15,21H,3-8,16-18H2,1-2H3,(H,26,29). The Morgan fingerprint density at radius 3 is 2.44 bits per heavy atom. The highest BCUT2D eigenvalue weighted by Gasteiger charge is 2.29. The largest absolute Gasteiger partial charge is 0.454 e. The first-order valence-electron chi connectivity index (χ1n) is 11.9. The maximum Gasteiger partial charge on any atom is 0.243 e. The summed E-state index contributed by atoms with van der Waals surface area (Å²) in [5.41, 5.74) is 1.61. The zero-order chi connectivity index (χ0) is 24.1. The molecule has 1 amide bonds. The van der Waals surface area contributed by atoms with Gasteiger partial charge in [0.15, 0.2) is 11.5 Å². The lowest BCUT2D eigenvalue weighted by atomic mass is 9.96. The van der Waals surface area contributed by atoms with Gasteiger partial charge in [-0.05, 0) is 61.3 Å². The van der Waals surface area contributed by atoms with E-state index in [0.29, 0.717) is 18.8 Å². The number of ether oxygens (including phenoxy) is 2. The third kappa shape index (κ3) is 5.71. The lowest BCUT2D eigenvalue weighted by Crippen LogP contribution is -2.38. The molecular formula is C25H33N3O5S. The van der Waals surface area contributed by atoms with Gasteiger partial charge in [-0.2, -0.15) is 4.31 Å². The predicted molar refractivity (Wildman–Crippen MR) is 130 cm³/mol. The minimum Gasteiger partial charge on any atom is -0.454 e. The van der Waals surface area contributed by atoms with Crippen molar-refractivity contribution in [1.82, 2.24) is 9.21 Å². The second-order valence-electron chi connectivity index (χ2n) is 8.88. The van der Waals surface area contributed by atoms with E-state index in [4.69, 9.17) is 9.47 Å². The average molecular weight is 488 g/mol. The van der Waals surface area contributed by atoms with Crippen LogP contribution in [0.25, 0.3) is 0 Å². The van der Waals surface area contributed by atoms with Crippen LogP contribution in [0.5, 0.6) is 11.5 Å². The third-order valence-corrected chi connectivity index (χ3v) is 8.49. The fourth-order valence-electron chi connectivity index (χ4n) is 4.50. The van der Waals surface area contributed by atoms with E-state index in [9.17, 15) is 13.2 Å². The summed E-state index contributed by atoms with van der Waals surface area (Å²) >= 11 is 0. The van der Waals surface area contributed by atoms with Crippen LogP contribution in [-0.4, -0.2) is 56.5 Å². The number of benzene rings is 2. The smallest absolute Gasteiger partial charge is 0.243 e. The van der Waals surface area contributed by atoms with Crippen LogP contribution >= 0.6 is 0 Å². The van der Waals surface area contributed by atoms with Crippen molar-refractivity contribution in [3.63, 3.8) is 0 Å². The normalized spacial score (nSPS) is 16.2. The maximum absolute atomic E-state index is 13.0. The predicted octanol–water partition coefficient (Wildman–Crippen LogP) is 3.83.